The quantitative estimate of drug-likeness (QED) is 0.458. The largest absolute Gasteiger partial charge is 0.349 e. The molecule has 7 nitrogen and oxygen atoms in total. The zero-order chi connectivity index (χ0) is 25.4. The van der Waals surface area contributed by atoms with Crippen molar-refractivity contribution >= 4 is 41.1 Å². The molecule has 184 valence electrons. The number of Topliss-reactive ketones (excluding diaryl/α,β-unsaturated/α-hetero) is 1. The monoisotopic (exact) mass is 498 g/mol. The van der Waals surface area contributed by atoms with Gasteiger partial charge in [-0.15, -0.1) is 0 Å². The van der Waals surface area contributed by atoms with Gasteiger partial charge in [-0.05, 0) is 49.0 Å². The molecule has 0 atom stereocenters. The van der Waals surface area contributed by atoms with E-state index in [0.29, 0.717) is 23.4 Å². The number of ketones is 1. The lowest BCUT2D eigenvalue weighted by molar-refractivity contribution is -0.118. The molecule has 9 heteroatoms. The number of hydrogen-bond acceptors (Lipinski definition) is 5. The number of nitrogens with one attached hydrogen (secondary N) is 2. The summed E-state index contributed by atoms with van der Waals surface area (Å²) < 4.78 is 13.2. The second kappa shape index (κ2) is 12.4. The van der Waals surface area contributed by atoms with E-state index in [4.69, 9.17) is 11.6 Å². The van der Waals surface area contributed by atoms with Crippen LogP contribution in [0.2, 0.25) is 5.02 Å². The van der Waals surface area contributed by atoms with E-state index >= 15 is 0 Å². The number of carbonyl (C=O) groups excluding carboxylic acids is 3. The van der Waals surface area contributed by atoms with Crippen molar-refractivity contribution in [2.24, 2.45) is 4.99 Å². The van der Waals surface area contributed by atoms with Crippen LogP contribution in [0.25, 0.3) is 0 Å². The van der Waals surface area contributed by atoms with Crippen molar-refractivity contribution in [1.29, 1.82) is 0 Å². The second-order valence-electron chi connectivity index (χ2n) is 8.00. The van der Waals surface area contributed by atoms with E-state index in [-0.39, 0.29) is 40.8 Å². The van der Waals surface area contributed by atoms with Gasteiger partial charge in [0, 0.05) is 43.4 Å². The number of benzene rings is 2. The van der Waals surface area contributed by atoms with Crippen LogP contribution in [0.3, 0.4) is 0 Å². The molecule has 1 aliphatic rings. The first-order chi connectivity index (χ1) is 16.8. The number of anilines is 1. The van der Waals surface area contributed by atoms with E-state index in [1.807, 2.05) is 0 Å². The first-order valence-electron chi connectivity index (χ1n) is 11.5. The fourth-order valence-corrected chi connectivity index (χ4v) is 3.93. The molecule has 2 amide bonds. The summed E-state index contributed by atoms with van der Waals surface area (Å²) in [7, 11) is 0. The minimum absolute atomic E-state index is 0.0684. The SMILES string of the molecule is CCN(CC)CCNC(=O)C1=C(C(=O)Nc2ccc(CC(=O)c3ccc(F)cc3Cl)cc2)CC=N1. The molecular weight excluding hydrogens is 471 g/mol. The molecule has 0 aliphatic carbocycles. The lowest BCUT2D eigenvalue weighted by Crippen LogP contribution is -2.35. The number of aliphatic imine (C=N–C) groups is 1. The molecule has 0 saturated heterocycles. The van der Waals surface area contributed by atoms with Gasteiger partial charge in [-0.2, -0.15) is 0 Å². The standard InChI is InChI=1S/C26H28ClFN4O3/c1-3-32(4-2)14-13-30-26(35)24-21(11-12-29-24)25(34)31-19-8-5-17(6-9-19)15-23(33)20-10-7-18(28)16-22(20)27/h5-10,12,16H,3-4,11,13-15H2,1-2H3,(H,30,35)(H,31,34). The Kier molecular flexibility index (Phi) is 9.28. The molecule has 0 radical (unpaired) electrons. The second-order valence-corrected chi connectivity index (χ2v) is 8.41. The van der Waals surface area contributed by atoms with Crippen molar-refractivity contribution in [3.63, 3.8) is 0 Å². The highest BCUT2D eigenvalue weighted by Crippen LogP contribution is 2.21. The first kappa shape index (κ1) is 26.2. The molecule has 0 bridgehead atoms. The van der Waals surface area contributed by atoms with Gasteiger partial charge in [-0.1, -0.05) is 37.6 Å². The molecule has 0 aromatic heterocycles. The van der Waals surface area contributed by atoms with Crippen LogP contribution in [0.15, 0.2) is 58.7 Å². The van der Waals surface area contributed by atoms with Gasteiger partial charge in [-0.25, -0.2) is 4.39 Å². The summed E-state index contributed by atoms with van der Waals surface area (Å²) in [5, 5.41) is 5.67. The average molecular weight is 499 g/mol. The Labute approximate surface area is 209 Å². The maximum absolute atomic E-state index is 13.2. The Morgan fingerprint density at radius 3 is 2.43 bits per heavy atom. The van der Waals surface area contributed by atoms with Crippen LogP contribution in [-0.2, 0) is 16.0 Å². The maximum atomic E-state index is 13.2. The van der Waals surface area contributed by atoms with Gasteiger partial charge in [0.2, 0.25) is 0 Å². The summed E-state index contributed by atoms with van der Waals surface area (Å²) in [6.07, 6.45) is 1.90. The van der Waals surface area contributed by atoms with Crippen molar-refractivity contribution in [1.82, 2.24) is 10.2 Å². The molecule has 2 N–H and O–H groups in total. The molecule has 0 saturated carbocycles. The van der Waals surface area contributed by atoms with E-state index in [0.717, 1.165) is 25.7 Å². The zero-order valence-corrected chi connectivity index (χ0v) is 20.5. The van der Waals surface area contributed by atoms with Crippen LogP contribution < -0.4 is 10.6 Å². The van der Waals surface area contributed by atoms with Gasteiger partial charge in [-0.3, -0.25) is 19.4 Å². The van der Waals surface area contributed by atoms with Crippen molar-refractivity contribution in [3.8, 4) is 0 Å². The number of carbonyl (C=O) groups is 3. The smallest absolute Gasteiger partial charge is 0.270 e. The van der Waals surface area contributed by atoms with E-state index in [1.165, 1.54) is 12.1 Å². The lowest BCUT2D eigenvalue weighted by atomic mass is 10.0. The van der Waals surface area contributed by atoms with Gasteiger partial charge in [0.25, 0.3) is 11.8 Å². The van der Waals surface area contributed by atoms with Gasteiger partial charge in [0.15, 0.2) is 5.78 Å². The fraction of sp³-hybridized carbons (Fsp3) is 0.308. The first-order valence-corrected chi connectivity index (χ1v) is 11.8. The Balaban J connectivity index is 1.59. The minimum Gasteiger partial charge on any atom is -0.349 e. The normalized spacial score (nSPS) is 12.8. The van der Waals surface area contributed by atoms with Crippen LogP contribution in [0, 0.1) is 5.82 Å². The number of rotatable bonds is 11. The highest BCUT2D eigenvalue weighted by Gasteiger charge is 2.23. The topological polar surface area (TPSA) is 90.9 Å². The highest BCUT2D eigenvalue weighted by atomic mass is 35.5. The van der Waals surface area contributed by atoms with Gasteiger partial charge >= 0.3 is 0 Å². The fourth-order valence-electron chi connectivity index (χ4n) is 3.66. The average Bonchev–Trinajstić information content (AvgIpc) is 3.33. The number of amides is 2. The Morgan fingerprint density at radius 1 is 1.06 bits per heavy atom. The van der Waals surface area contributed by atoms with E-state index in [1.54, 1.807) is 30.5 Å². The van der Waals surface area contributed by atoms with Gasteiger partial charge in [0.1, 0.15) is 11.5 Å². The molecule has 0 unspecified atom stereocenters. The number of halogens is 2. The summed E-state index contributed by atoms with van der Waals surface area (Å²) in [6, 6.07) is 10.4. The summed E-state index contributed by atoms with van der Waals surface area (Å²) >= 11 is 5.97. The Hall–Kier alpha value is -3.36. The molecule has 0 spiro atoms. The van der Waals surface area contributed by atoms with Crippen LogP contribution in [0.5, 0.6) is 0 Å². The summed E-state index contributed by atoms with van der Waals surface area (Å²) in [6.45, 7) is 7.10. The summed E-state index contributed by atoms with van der Waals surface area (Å²) in [5.74, 6) is -1.52. The molecule has 1 heterocycles. The predicted molar refractivity (Wildman–Crippen MR) is 135 cm³/mol. The number of nitrogens with zero attached hydrogens (tertiary/aromatic N) is 2. The molecule has 35 heavy (non-hydrogen) atoms. The minimum atomic E-state index is -0.505. The zero-order valence-electron chi connectivity index (χ0n) is 19.7. The summed E-state index contributed by atoms with van der Waals surface area (Å²) in [5.41, 5.74) is 1.91. The third-order valence-corrected chi connectivity index (χ3v) is 6.02. The van der Waals surface area contributed by atoms with Crippen molar-refractivity contribution in [3.05, 3.63) is 75.7 Å². The molecule has 1 aliphatic heterocycles. The Morgan fingerprint density at radius 2 is 1.77 bits per heavy atom. The third kappa shape index (κ3) is 7.07. The van der Waals surface area contributed by atoms with Crippen molar-refractivity contribution < 1.29 is 18.8 Å². The molecule has 2 aromatic rings. The summed E-state index contributed by atoms with van der Waals surface area (Å²) in [4.78, 5) is 44.1. The van der Waals surface area contributed by atoms with Crippen LogP contribution >= 0.6 is 11.6 Å². The highest BCUT2D eigenvalue weighted by molar-refractivity contribution is 6.34. The van der Waals surface area contributed by atoms with Gasteiger partial charge in [0.05, 0.1) is 10.6 Å². The van der Waals surface area contributed by atoms with E-state index < -0.39 is 11.7 Å². The number of hydrogen-bond donors (Lipinski definition) is 2. The van der Waals surface area contributed by atoms with Gasteiger partial charge < -0.3 is 15.5 Å². The Bertz CT molecular complexity index is 1160. The third-order valence-electron chi connectivity index (χ3n) is 5.71. The van der Waals surface area contributed by atoms with E-state index in [2.05, 4.69) is 34.4 Å². The van der Waals surface area contributed by atoms with Crippen LogP contribution in [0.4, 0.5) is 10.1 Å². The molecular formula is C26H28ClFN4O3. The molecule has 2 aromatic carbocycles. The molecule has 0 fully saturated rings. The van der Waals surface area contributed by atoms with Crippen LogP contribution in [0.1, 0.15) is 36.2 Å². The molecule has 3 rings (SSSR count). The van der Waals surface area contributed by atoms with E-state index in [9.17, 15) is 18.8 Å². The maximum Gasteiger partial charge on any atom is 0.270 e. The lowest BCUT2D eigenvalue weighted by Gasteiger charge is -2.18. The predicted octanol–water partition coefficient (Wildman–Crippen LogP) is 4.03. The number of likely N-dealkylation sites (N-methyl/N-ethyl adjacent to an activating group) is 1. The van der Waals surface area contributed by atoms with Crippen molar-refractivity contribution in [2.45, 2.75) is 26.7 Å². The van der Waals surface area contributed by atoms with Crippen molar-refractivity contribution in [2.75, 3.05) is 31.5 Å². The van der Waals surface area contributed by atoms with Crippen LogP contribution in [-0.4, -0.2) is 54.9 Å².